The molecule has 0 bridgehead atoms. The maximum atomic E-state index is 12.3. The van der Waals surface area contributed by atoms with E-state index in [-0.39, 0.29) is 18.5 Å². The molecule has 0 spiro atoms. The van der Waals surface area contributed by atoms with E-state index in [1.807, 2.05) is 6.92 Å². The summed E-state index contributed by atoms with van der Waals surface area (Å²) in [5, 5.41) is 6.06. The number of amides is 3. The highest BCUT2D eigenvalue weighted by Gasteiger charge is 2.36. The summed E-state index contributed by atoms with van der Waals surface area (Å²) >= 11 is 0. The molecule has 2 aliphatic rings. The van der Waals surface area contributed by atoms with E-state index in [1.54, 1.807) is 18.2 Å². The Morgan fingerprint density at radius 1 is 1.32 bits per heavy atom. The van der Waals surface area contributed by atoms with Crippen LogP contribution in [0.2, 0.25) is 0 Å². The van der Waals surface area contributed by atoms with Gasteiger partial charge in [-0.05, 0) is 38.4 Å². The summed E-state index contributed by atoms with van der Waals surface area (Å²) in [6, 6.07) is 5.41. The van der Waals surface area contributed by atoms with E-state index in [0.29, 0.717) is 17.7 Å². The summed E-state index contributed by atoms with van der Waals surface area (Å²) in [6.45, 7) is 3.14. The lowest BCUT2D eigenvalue weighted by Crippen LogP contribution is -2.44. The summed E-state index contributed by atoms with van der Waals surface area (Å²) in [7, 11) is 0. The number of benzene rings is 1. The topological polar surface area (TPSA) is 78.5 Å². The molecule has 22 heavy (non-hydrogen) atoms. The van der Waals surface area contributed by atoms with Gasteiger partial charge in [0.25, 0.3) is 11.8 Å². The third-order valence-electron chi connectivity index (χ3n) is 4.14. The number of carbonyl (C=O) groups is 3. The average Bonchev–Trinajstić information content (AvgIpc) is 3.09. The standard InChI is InChI=1S/C16H19N3O3/c1-10-4-5-12-13(7-10)16(22)19(15(12)21)9-14(20)18-8-11-3-2-6-17-11/h4-5,7,11,17H,2-3,6,8-9H2,1H3,(H,18,20). The minimum atomic E-state index is -0.394. The molecule has 6 heteroatoms. The van der Waals surface area contributed by atoms with Crippen molar-refractivity contribution in [2.24, 2.45) is 0 Å². The van der Waals surface area contributed by atoms with E-state index < -0.39 is 11.8 Å². The Morgan fingerprint density at radius 3 is 2.82 bits per heavy atom. The van der Waals surface area contributed by atoms with Gasteiger partial charge in [0, 0.05) is 12.6 Å². The van der Waals surface area contributed by atoms with Crippen LogP contribution in [-0.4, -0.2) is 48.3 Å². The fourth-order valence-corrected chi connectivity index (χ4v) is 2.92. The first-order valence-electron chi connectivity index (χ1n) is 7.53. The number of fused-ring (bicyclic) bond motifs is 1. The Hall–Kier alpha value is -2.21. The van der Waals surface area contributed by atoms with Crippen LogP contribution in [0.1, 0.15) is 39.1 Å². The molecular weight excluding hydrogens is 282 g/mol. The molecular formula is C16H19N3O3. The van der Waals surface area contributed by atoms with Gasteiger partial charge >= 0.3 is 0 Å². The van der Waals surface area contributed by atoms with Crippen molar-refractivity contribution in [3.05, 3.63) is 34.9 Å². The number of nitrogens with one attached hydrogen (secondary N) is 2. The van der Waals surface area contributed by atoms with Crippen LogP contribution < -0.4 is 10.6 Å². The van der Waals surface area contributed by atoms with Gasteiger partial charge in [-0.1, -0.05) is 11.6 Å². The SMILES string of the molecule is Cc1ccc2c(c1)C(=O)N(CC(=O)NCC1CCCN1)C2=O. The molecule has 6 nitrogen and oxygen atoms in total. The smallest absolute Gasteiger partial charge is 0.262 e. The van der Waals surface area contributed by atoms with Crippen molar-refractivity contribution in [1.82, 2.24) is 15.5 Å². The number of imide groups is 1. The van der Waals surface area contributed by atoms with E-state index in [4.69, 9.17) is 0 Å². The Balaban J connectivity index is 1.62. The molecule has 2 heterocycles. The molecule has 116 valence electrons. The first kappa shape index (κ1) is 14.7. The minimum absolute atomic E-state index is 0.224. The van der Waals surface area contributed by atoms with Gasteiger partial charge in [0.2, 0.25) is 5.91 Å². The Kier molecular flexibility index (Phi) is 3.94. The summed E-state index contributed by atoms with van der Waals surface area (Å²) in [5.41, 5.74) is 1.68. The highest BCUT2D eigenvalue weighted by molar-refractivity contribution is 6.22. The van der Waals surface area contributed by atoms with Crippen LogP contribution in [0.15, 0.2) is 18.2 Å². The maximum absolute atomic E-state index is 12.3. The Morgan fingerprint density at radius 2 is 2.09 bits per heavy atom. The number of aryl methyl sites for hydroxylation is 1. The third-order valence-corrected chi connectivity index (χ3v) is 4.14. The quantitative estimate of drug-likeness (QED) is 0.792. The second-order valence-corrected chi connectivity index (χ2v) is 5.84. The van der Waals surface area contributed by atoms with Crippen molar-refractivity contribution in [3.8, 4) is 0 Å². The maximum Gasteiger partial charge on any atom is 0.262 e. The van der Waals surface area contributed by atoms with Gasteiger partial charge in [-0.25, -0.2) is 0 Å². The monoisotopic (exact) mass is 301 g/mol. The van der Waals surface area contributed by atoms with Gasteiger partial charge in [0.1, 0.15) is 6.54 Å². The predicted molar refractivity (Wildman–Crippen MR) is 80.6 cm³/mol. The molecule has 1 saturated heterocycles. The van der Waals surface area contributed by atoms with E-state index in [1.165, 1.54) is 0 Å². The predicted octanol–water partition coefficient (Wildman–Crippen LogP) is 0.459. The van der Waals surface area contributed by atoms with Crippen molar-refractivity contribution in [2.75, 3.05) is 19.6 Å². The van der Waals surface area contributed by atoms with Crippen molar-refractivity contribution in [2.45, 2.75) is 25.8 Å². The number of hydrogen-bond donors (Lipinski definition) is 2. The fraction of sp³-hybridized carbons (Fsp3) is 0.438. The third kappa shape index (κ3) is 2.74. The molecule has 1 unspecified atom stereocenters. The first-order chi connectivity index (χ1) is 10.6. The molecule has 0 radical (unpaired) electrons. The zero-order valence-electron chi connectivity index (χ0n) is 12.5. The molecule has 2 N–H and O–H groups in total. The number of carbonyl (C=O) groups excluding carboxylic acids is 3. The van der Waals surface area contributed by atoms with Crippen molar-refractivity contribution < 1.29 is 14.4 Å². The summed E-state index contributed by atoms with van der Waals surface area (Å²) in [5.74, 6) is -1.09. The van der Waals surface area contributed by atoms with Gasteiger partial charge in [0.05, 0.1) is 11.1 Å². The summed E-state index contributed by atoms with van der Waals surface area (Å²) in [6.07, 6.45) is 2.14. The summed E-state index contributed by atoms with van der Waals surface area (Å²) < 4.78 is 0. The number of rotatable bonds is 4. The van der Waals surface area contributed by atoms with E-state index >= 15 is 0 Å². The van der Waals surface area contributed by atoms with Crippen LogP contribution in [0, 0.1) is 6.92 Å². The zero-order chi connectivity index (χ0) is 15.7. The largest absolute Gasteiger partial charge is 0.353 e. The zero-order valence-corrected chi connectivity index (χ0v) is 12.5. The molecule has 2 aliphatic heterocycles. The van der Waals surface area contributed by atoms with Crippen LogP contribution in [0.3, 0.4) is 0 Å². The molecule has 1 aromatic rings. The van der Waals surface area contributed by atoms with Crippen molar-refractivity contribution >= 4 is 17.7 Å². The fourth-order valence-electron chi connectivity index (χ4n) is 2.92. The molecule has 3 rings (SSSR count). The Labute approximate surface area is 128 Å². The lowest BCUT2D eigenvalue weighted by atomic mass is 10.1. The van der Waals surface area contributed by atoms with Crippen LogP contribution in [-0.2, 0) is 4.79 Å². The number of hydrogen-bond acceptors (Lipinski definition) is 4. The van der Waals surface area contributed by atoms with E-state index in [2.05, 4.69) is 10.6 Å². The van der Waals surface area contributed by atoms with Gasteiger partial charge in [0.15, 0.2) is 0 Å². The van der Waals surface area contributed by atoms with E-state index in [9.17, 15) is 14.4 Å². The molecule has 0 aromatic heterocycles. The van der Waals surface area contributed by atoms with Crippen molar-refractivity contribution in [1.29, 1.82) is 0 Å². The van der Waals surface area contributed by atoms with Gasteiger partial charge < -0.3 is 10.6 Å². The molecule has 0 saturated carbocycles. The van der Waals surface area contributed by atoms with Gasteiger partial charge in [-0.3, -0.25) is 19.3 Å². The highest BCUT2D eigenvalue weighted by Crippen LogP contribution is 2.23. The molecule has 1 fully saturated rings. The average molecular weight is 301 g/mol. The first-order valence-corrected chi connectivity index (χ1v) is 7.53. The van der Waals surface area contributed by atoms with Crippen LogP contribution in [0.25, 0.3) is 0 Å². The molecule has 0 aliphatic carbocycles. The highest BCUT2D eigenvalue weighted by atomic mass is 16.2. The number of nitrogens with zero attached hydrogens (tertiary/aromatic N) is 1. The van der Waals surface area contributed by atoms with Gasteiger partial charge in [-0.2, -0.15) is 0 Å². The Bertz CT molecular complexity index is 636. The lowest BCUT2D eigenvalue weighted by molar-refractivity contribution is -0.121. The molecule has 1 aromatic carbocycles. The normalized spacial score (nSPS) is 20.4. The molecule has 3 amide bonds. The minimum Gasteiger partial charge on any atom is -0.353 e. The molecule has 1 atom stereocenters. The van der Waals surface area contributed by atoms with Crippen LogP contribution in [0.5, 0.6) is 0 Å². The van der Waals surface area contributed by atoms with Crippen LogP contribution in [0.4, 0.5) is 0 Å². The summed E-state index contributed by atoms with van der Waals surface area (Å²) in [4.78, 5) is 37.5. The van der Waals surface area contributed by atoms with Gasteiger partial charge in [-0.15, -0.1) is 0 Å². The van der Waals surface area contributed by atoms with Crippen molar-refractivity contribution in [3.63, 3.8) is 0 Å². The van der Waals surface area contributed by atoms with E-state index in [0.717, 1.165) is 29.8 Å². The lowest BCUT2D eigenvalue weighted by Gasteiger charge is -2.15. The van der Waals surface area contributed by atoms with Crippen LogP contribution >= 0.6 is 0 Å². The second-order valence-electron chi connectivity index (χ2n) is 5.84. The second kappa shape index (κ2) is 5.88.